The van der Waals surface area contributed by atoms with Gasteiger partial charge in [-0.2, -0.15) is 0 Å². The molecule has 80 valence electrons. The van der Waals surface area contributed by atoms with E-state index in [9.17, 15) is 9.59 Å². The van der Waals surface area contributed by atoms with Crippen LogP contribution in [-0.4, -0.2) is 20.6 Å². The second-order valence-corrected chi connectivity index (χ2v) is 3.57. The zero-order valence-electron chi connectivity index (χ0n) is 8.49. The van der Waals surface area contributed by atoms with E-state index in [0.29, 0.717) is 18.7 Å². The molecule has 5 nitrogen and oxygen atoms in total. The van der Waals surface area contributed by atoms with Crippen LogP contribution in [0.15, 0.2) is 4.79 Å². The van der Waals surface area contributed by atoms with Gasteiger partial charge in [-0.05, 0) is 12.8 Å². The largest absolute Gasteiger partial charge is 0.477 e. The minimum absolute atomic E-state index is 0.164. The molecule has 0 amide bonds. The van der Waals surface area contributed by atoms with E-state index in [2.05, 4.69) is 4.98 Å². The van der Waals surface area contributed by atoms with E-state index in [4.69, 9.17) is 5.11 Å². The number of carboxylic acid groups (broad SMARTS) is 1. The number of carbonyl (C=O) groups is 1. The van der Waals surface area contributed by atoms with E-state index in [1.165, 1.54) is 4.57 Å². The van der Waals surface area contributed by atoms with E-state index >= 15 is 0 Å². The lowest BCUT2D eigenvalue weighted by atomic mass is 10.2. The molecule has 15 heavy (non-hydrogen) atoms. The second-order valence-electron chi connectivity index (χ2n) is 3.57. The minimum Gasteiger partial charge on any atom is -0.477 e. The molecule has 1 aliphatic rings. The molecule has 5 heteroatoms. The Morgan fingerprint density at radius 3 is 2.93 bits per heavy atom. The first-order valence-corrected chi connectivity index (χ1v) is 5.01. The summed E-state index contributed by atoms with van der Waals surface area (Å²) in [5.74, 6) is -0.451. The van der Waals surface area contributed by atoms with Crippen LogP contribution in [-0.2, 0) is 19.4 Å². The monoisotopic (exact) mass is 208 g/mol. The third-order valence-electron chi connectivity index (χ3n) is 2.65. The lowest BCUT2D eigenvalue weighted by Gasteiger charge is -2.07. The van der Waals surface area contributed by atoms with Crippen LogP contribution in [0.2, 0.25) is 0 Å². The summed E-state index contributed by atoms with van der Waals surface area (Å²) < 4.78 is 1.47. The molecule has 1 aromatic rings. The maximum atomic E-state index is 11.8. The number of carboxylic acids is 1. The number of rotatable bonds is 2. The van der Waals surface area contributed by atoms with Crippen molar-refractivity contribution in [2.45, 2.75) is 32.7 Å². The molecule has 0 fully saturated rings. The van der Waals surface area contributed by atoms with Crippen LogP contribution in [0.1, 0.15) is 35.2 Å². The van der Waals surface area contributed by atoms with Gasteiger partial charge in [-0.1, -0.05) is 6.92 Å². The number of aromatic carboxylic acids is 1. The molecular formula is C10H12N2O3. The van der Waals surface area contributed by atoms with Crippen LogP contribution in [0.5, 0.6) is 0 Å². The summed E-state index contributed by atoms with van der Waals surface area (Å²) in [6.07, 6.45) is 2.11. The van der Waals surface area contributed by atoms with E-state index < -0.39 is 11.5 Å². The highest BCUT2D eigenvalue weighted by Crippen LogP contribution is 2.12. The highest BCUT2D eigenvalue weighted by molar-refractivity contribution is 5.88. The number of nitrogens with zero attached hydrogens (tertiary/aromatic N) is 2. The summed E-state index contributed by atoms with van der Waals surface area (Å²) >= 11 is 0. The van der Waals surface area contributed by atoms with Crippen LogP contribution >= 0.6 is 0 Å². The molecule has 0 saturated carbocycles. The van der Waals surface area contributed by atoms with Gasteiger partial charge in [0.15, 0.2) is 0 Å². The van der Waals surface area contributed by atoms with Crippen molar-refractivity contribution in [3.8, 4) is 0 Å². The van der Waals surface area contributed by atoms with Crippen molar-refractivity contribution in [3.05, 3.63) is 27.4 Å². The Morgan fingerprint density at radius 1 is 1.60 bits per heavy atom. The summed E-state index contributed by atoms with van der Waals surface area (Å²) in [6.45, 7) is 2.39. The molecule has 0 atom stereocenters. The summed E-state index contributed by atoms with van der Waals surface area (Å²) in [7, 11) is 0. The molecule has 1 aliphatic heterocycles. The molecule has 1 N–H and O–H groups in total. The number of hydrogen-bond donors (Lipinski definition) is 1. The Kier molecular flexibility index (Phi) is 2.30. The first-order chi connectivity index (χ1) is 7.15. The highest BCUT2D eigenvalue weighted by atomic mass is 16.4. The molecule has 2 heterocycles. The van der Waals surface area contributed by atoms with Gasteiger partial charge >= 0.3 is 5.97 Å². The Hall–Kier alpha value is -1.65. The van der Waals surface area contributed by atoms with E-state index in [0.717, 1.165) is 18.7 Å². The van der Waals surface area contributed by atoms with Gasteiger partial charge in [-0.3, -0.25) is 9.36 Å². The molecule has 0 bridgehead atoms. The summed E-state index contributed by atoms with van der Waals surface area (Å²) in [5, 5.41) is 8.96. The van der Waals surface area contributed by atoms with Crippen LogP contribution in [0.4, 0.5) is 0 Å². The molecule has 2 rings (SSSR count). The quantitative estimate of drug-likeness (QED) is 0.765. The molecule has 0 saturated heterocycles. The van der Waals surface area contributed by atoms with Crippen LogP contribution in [0.25, 0.3) is 0 Å². The maximum absolute atomic E-state index is 11.8. The predicted molar refractivity (Wildman–Crippen MR) is 53.2 cm³/mol. The zero-order valence-corrected chi connectivity index (χ0v) is 8.49. The number of fused-ring (bicyclic) bond motifs is 1. The third kappa shape index (κ3) is 1.44. The van der Waals surface area contributed by atoms with E-state index in [1.807, 2.05) is 0 Å². The molecular weight excluding hydrogens is 196 g/mol. The van der Waals surface area contributed by atoms with Crippen molar-refractivity contribution in [2.75, 3.05) is 0 Å². The third-order valence-corrected chi connectivity index (χ3v) is 2.65. The Balaban J connectivity index is 2.73. The van der Waals surface area contributed by atoms with Crippen molar-refractivity contribution < 1.29 is 9.90 Å². The van der Waals surface area contributed by atoms with Gasteiger partial charge < -0.3 is 5.11 Å². The van der Waals surface area contributed by atoms with Crippen molar-refractivity contribution in [1.82, 2.24) is 9.55 Å². The van der Waals surface area contributed by atoms with Crippen molar-refractivity contribution in [1.29, 1.82) is 0 Å². The Morgan fingerprint density at radius 2 is 2.33 bits per heavy atom. The smallest absolute Gasteiger partial charge is 0.343 e. The first-order valence-electron chi connectivity index (χ1n) is 5.01. The summed E-state index contributed by atoms with van der Waals surface area (Å²) in [6, 6.07) is 0. The van der Waals surface area contributed by atoms with Gasteiger partial charge in [-0.15, -0.1) is 0 Å². The predicted octanol–water partition coefficient (Wildman–Crippen LogP) is 0.450. The standard InChI is InChI=1S/C10H12N2O3/c1-2-6-8(10(14)15)9(13)12-5-3-4-7(12)11-6/h2-5H2,1H3,(H,14,15). The molecule has 0 spiro atoms. The fourth-order valence-electron chi connectivity index (χ4n) is 1.94. The van der Waals surface area contributed by atoms with Crippen molar-refractivity contribution >= 4 is 5.97 Å². The molecule has 0 unspecified atom stereocenters. The lowest BCUT2D eigenvalue weighted by Crippen LogP contribution is -2.29. The van der Waals surface area contributed by atoms with E-state index in [-0.39, 0.29) is 5.56 Å². The number of aromatic nitrogens is 2. The maximum Gasteiger partial charge on any atom is 0.343 e. The van der Waals surface area contributed by atoms with Crippen LogP contribution in [0, 0.1) is 0 Å². The van der Waals surface area contributed by atoms with Gasteiger partial charge in [0.05, 0.1) is 5.69 Å². The van der Waals surface area contributed by atoms with Gasteiger partial charge in [0.25, 0.3) is 5.56 Å². The molecule has 0 aromatic carbocycles. The number of hydrogen-bond acceptors (Lipinski definition) is 3. The summed E-state index contributed by atoms with van der Waals surface area (Å²) in [5.41, 5.74) is -0.161. The first kappa shape index (κ1) is 9.89. The Bertz CT molecular complexity index is 476. The fourth-order valence-corrected chi connectivity index (χ4v) is 1.94. The fraction of sp³-hybridized carbons (Fsp3) is 0.500. The number of aryl methyl sites for hydroxylation is 2. The van der Waals surface area contributed by atoms with Crippen molar-refractivity contribution in [3.63, 3.8) is 0 Å². The minimum atomic E-state index is -1.17. The second kappa shape index (κ2) is 3.49. The molecule has 0 aliphatic carbocycles. The van der Waals surface area contributed by atoms with Gasteiger partial charge in [0.1, 0.15) is 11.4 Å². The van der Waals surface area contributed by atoms with E-state index in [1.54, 1.807) is 6.92 Å². The highest BCUT2D eigenvalue weighted by Gasteiger charge is 2.22. The molecule has 0 radical (unpaired) electrons. The lowest BCUT2D eigenvalue weighted by molar-refractivity contribution is 0.0692. The average molecular weight is 208 g/mol. The van der Waals surface area contributed by atoms with Crippen LogP contribution in [0.3, 0.4) is 0 Å². The van der Waals surface area contributed by atoms with Gasteiger partial charge in [0.2, 0.25) is 0 Å². The Labute approximate surface area is 86.4 Å². The topological polar surface area (TPSA) is 72.2 Å². The normalized spacial score (nSPS) is 13.9. The van der Waals surface area contributed by atoms with Crippen molar-refractivity contribution in [2.24, 2.45) is 0 Å². The molecule has 1 aromatic heterocycles. The van der Waals surface area contributed by atoms with Crippen LogP contribution < -0.4 is 5.56 Å². The summed E-state index contributed by atoms with van der Waals surface area (Å²) in [4.78, 5) is 27.0. The average Bonchev–Trinajstić information content (AvgIpc) is 2.64. The van der Waals surface area contributed by atoms with Gasteiger partial charge in [-0.25, -0.2) is 9.78 Å². The zero-order chi connectivity index (χ0) is 11.0. The van der Waals surface area contributed by atoms with Gasteiger partial charge in [0, 0.05) is 13.0 Å². The SMILES string of the molecule is CCc1nc2n(c(=O)c1C(=O)O)CCC2.